The molecular formula is C19H17FN6O2. The zero-order valence-corrected chi connectivity index (χ0v) is 15.3. The van der Waals surface area contributed by atoms with E-state index >= 15 is 0 Å². The van der Waals surface area contributed by atoms with Crippen molar-refractivity contribution >= 4 is 23.3 Å². The lowest BCUT2D eigenvalue weighted by atomic mass is 9.90. The van der Waals surface area contributed by atoms with Crippen LogP contribution >= 0.6 is 0 Å². The minimum Gasteiger partial charge on any atom is -0.369 e. The van der Waals surface area contributed by atoms with E-state index in [9.17, 15) is 14.0 Å². The van der Waals surface area contributed by atoms with Gasteiger partial charge in [-0.15, -0.1) is 0 Å². The maximum Gasteiger partial charge on any atom is 0.231 e. The number of carbonyl (C=O) groups excluding carboxylic acids is 2. The predicted molar refractivity (Wildman–Crippen MR) is 99.1 cm³/mol. The summed E-state index contributed by atoms with van der Waals surface area (Å²) in [6.07, 6.45) is 2.64. The summed E-state index contributed by atoms with van der Waals surface area (Å²) >= 11 is 0. The summed E-state index contributed by atoms with van der Waals surface area (Å²) in [5.41, 5.74) is 5.63. The van der Waals surface area contributed by atoms with Crippen LogP contribution in [0.5, 0.6) is 0 Å². The Morgan fingerprint density at radius 3 is 2.82 bits per heavy atom. The number of amides is 1. The maximum atomic E-state index is 14.0. The molecule has 8 nitrogen and oxygen atoms in total. The molecule has 0 spiro atoms. The molecule has 3 heterocycles. The van der Waals surface area contributed by atoms with Crippen LogP contribution in [0, 0.1) is 12.4 Å². The summed E-state index contributed by atoms with van der Waals surface area (Å²) in [5.74, 6) is -1.46. The fourth-order valence-electron chi connectivity index (χ4n) is 2.90. The molecule has 0 saturated heterocycles. The first-order valence-corrected chi connectivity index (χ1v) is 8.37. The Labute approximate surface area is 160 Å². The van der Waals surface area contributed by atoms with Gasteiger partial charge in [0.2, 0.25) is 11.6 Å². The average Bonchev–Trinajstić information content (AvgIpc) is 2.66. The molecule has 2 aromatic rings. The fraction of sp³-hybridized carbons (Fsp3) is 0.263. The van der Waals surface area contributed by atoms with Crippen LogP contribution < -0.4 is 5.73 Å². The topological polar surface area (TPSA) is 106 Å². The van der Waals surface area contributed by atoms with Gasteiger partial charge in [-0.3, -0.25) is 24.5 Å². The molecule has 9 heteroatoms. The van der Waals surface area contributed by atoms with Gasteiger partial charge in [0.15, 0.2) is 11.7 Å². The molecule has 1 aliphatic heterocycles. The highest BCUT2D eigenvalue weighted by atomic mass is 19.1. The summed E-state index contributed by atoms with van der Waals surface area (Å²) in [4.78, 5) is 41.4. The molecule has 0 saturated carbocycles. The van der Waals surface area contributed by atoms with E-state index < -0.39 is 17.1 Å². The van der Waals surface area contributed by atoms with Crippen molar-refractivity contribution in [1.82, 2.24) is 14.9 Å². The van der Waals surface area contributed by atoms with Crippen LogP contribution in [-0.2, 0) is 16.8 Å². The molecule has 2 N–H and O–H groups in total. The molecule has 142 valence electrons. The molecule has 0 aromatic carbocycles. The van der Waals surface area contributed by atoms with Crippen LogP contribution in [0.4, 0.5) is 10.1 Å². The number of halogens is 1. The summed E-state index contributed by atoms with van der Waals surface area (Å²) in [6.45, 7) is 8.60. The first-order chi connectivity index (χ1) is 13.2. The highest BCUT2D eigenvalue weighted by Gasteiger charge is 2.37. The molecule has 2 aromatic heterocycles. The second-order valence-corrected chi connectivity index (χ2v) is 6.66. The first kappa shape index (κ1) is 19.1. The van der Waals surface area contributed by atoms with Crippen LogP contribution in [0.25, 0.3) is 4.85 Å². The van der Waals surface area contributed by atoms with Gasteiger partial charge in [0.1, 0.15) is 17.1 Å². The normalized spacial score (nSPS) is 19.1. The minimum absolute atomic E-state index is 0.0237. The molecule has 0 bridgehead atoms. The van der Waals surface area contributed by atoms with Gasteiger partial charge in [-0.05, 0) is 30.7 Å². The van der Waals surface area contributed by atoms with E-state index in [-0.39, 0.29) is 36.1 Å². The predicted octanol–water partition coefficient (Wildman–Crippen LogP) is 1.98. The number of hydrogen-bond acceptors (Lipinski definition) is 6. The molecule has 3 rings (SSSR count). The van der Waals surface area contributed by atoms with Crippen LogP contribution in [0.2, 0.25) is 0 Å². The standard InChI is InChI=1S/C19H17FN6O2/c1-19(9-16(28)26(3)18(21)25-19)15-7-11(4-5-23-15)6-14(27)17-13(20)8-12(22-2)10-24-17/h4-5,7-8,10H,6,9H2,1,3H3,(H2,21,25). The highest BCUT2D eigenvalue weighted by Crippen LogP contribution is 2.32. The number of rotatable bonds is 4. The van der Waals surface area contributed by atoms with Crippen molar-refractivity contribution in [3.8, 4) is 0 Å². The Bertz CT molecular complexity index is 1040. The molecule has 1 amide bonds. The Kier molecular flexibility index (Phi) is 4.88. The highest BCUT2D eigenvalue weighted by molar-refractivity contribution is 5.99. The minimum atomic E-state index is -0.951. The Balaban J connectivity index is 1.87. The number of Topliss-reactive ketones (excluding diaryl/α,β-unsaturated/α-hetero) is 1. The summed E-state index contributed by atoms with van der Waals surface area (Å²) in [5, 5.41) is 0. The van der Waals surface area contributed by atoms with Crippen molar-refractivity contribution in [1.29, 1.82) is 0 Å². The third-order valence-corrected chi connectivity index (χ3v) is 4.54. The number of aromatic nitrogens is 2. The smallest absolute Gasteiger partial charge is 0.231 e. The lowest BCUT2D eigenvalue weighted by molar-refractivity contribution is -0.128. The lowest BCUT2D eigenvalue weighted by Crippen LogP contribution is -2.47. The summed E-state index contributed by atoms with van der Waals surface area (Å²) in [6, 6.07) is 4.26. The van der Waals surface area contributed by atoms with Crippen molar-refractivity contribution < 1.29 is 14.0 Å². The van der Waals surface area contributed by atoms with Crippen molar-refractivity contribution in [2.45, 2.75) is 25.3 Å². The van der Waals surface area contributed by atoms with Gasteiger partial charge >= 0.3 is 0 Å². The largest absolute Gasteiger partial charge is 0.369 e. The van der Waals surface area contributed by atoms with Crippen LogP contribution in [0.1, 0.15) is 35.1 Å². The summed E-state index contributed by atoms with van der Waals surface area (Å²) < 4.78 is 14.0. The summed E-state index contributed by atoms with van der Waals surface area (Å²) in [7, 11) is 1.55. The SMILES string of the molecule is [C-]#[N+]c1cnc(C(=O)Cc2ccnc(C3(C)CC(=O)N(C)C(N)=N3)c2)c(F)c1. The van der Waals surface area contributed by atoms with Gasteiger partial charge in [0, 0.05) is 25.9 Å². The van der Waals surface area contributed by atoms with Crippen LogP contribution in [-0.4, -0.2) is 39.6 Å². The number of ketones is 1. The zero-order chi connectivity index (χ0) is 20.5. The van der Waals surface area contributed by atoms with E-state index in [2.05, 4.69) is 19.8 Å². The van der Waals surface area contributed by atoms with E-state index in [1.165, 1.54) is 11.1 Å². The third-order valence-electron chi connectivity index (χ3n) is 4.54. The Hall–Kier alpha value is -3.67. The monoisotopic (exact) mass is 380 g/mol. The van der Waals surface area contributed by atoms with Crippen LogP contribution in [0.3, 0.4) is 0 Å². The number of nitrogens with zero attached hydrogens (tertiary/aromatic N) is 5. The van der Waals surface area contributed by atoms with Gasteiger partial charge in [-0.2, -0.15) is 0 Å². The molecule has 1 aliphatic rings. The number of guanidine groups is 1. The van der Waals surface area contributed by atoms with E-state index in [0.29, 0.717) is 11.3 Å². The number of hydrogen-bond donors (Lipinski definition) is 1. The van der Waals surface area contributed by atoms with E-state index in [4.69, 9.17) is 12.3 Å². The third kappa shape index (κ3) is 3.57. The number of carbonyl (C=O) groups is 2. The number of pyridine rings is 2. The molecule has 1 unspecified atom stereocenters. The number of nitrogens with two attached hydrogens (primary N) is 1. The van der Waals surface area contributed by atoms with E-state index in [0.717, 1.165) is 12.3 Å². The molecule has 1 atom stereocenters. The lowest BCUT2D eigenvalue weighted by Gasteiger charge is -2.32. The van der Waals surface area contributed by atoms with Gasteiger partial charge in [-0.25, -0.2) is 14.2 Å². The Morgan fingerprint density at radius 1 is 1.43 bits per heavy atom. The maximum absolute atomic E-state index is 14.0. The first-order valence-electron chi connectivity index (χ1n) is 8.37. The van der Waals surface area contributed by atoms with Crippen molar-refractivity contribution in [2.75, 3.05) is 7.05 Å². The zero-order valence-electron chi connectivity index (χ0n) is 15.3. The molecule has 28 heavy (non-hydrogen) atoms. The average molecular weight is 380 g/mol. The molecule has 0 radical (unpaired) electrons. The van der Waals surface area contributed by atoms with Gasteiger partial charge < -0.3 is 5.73 Å². The molecule has 0 fully saturated rings. The quantitative estimate of drug-likeness (QED) is 0.645. The van der Waals surface area contributed by atoms with E-state index in [1.807, 2.05) is 0 Å². The molecular weight excluding hydrogens is 363 g/mol. The number of aliphatic imine (C=N–C) groups is 1. The second-order valence-electron chi connectivity index (χ2n) is 6.66. The van der Waals surface area contributed by atoms with Gasteiger partial charge in [-0.1, -0.05) is 0 Å². The van der Waals surface area contributed by atoms with E-state index in [1.54, 1.807) is 26.1 Å². The van der Waals surface area contributed by atoms with Crippen molar-refractivity contribution in [3.63, 3.8) is 0 Å². The van der Waals surface area contributed by atoms with Gasteiger partial charge in [0.05, 0.1) is 18.7 Å². The van der Waals surface area contributed by atoms with Crippen molar-refractivity contribution in [2.24, 2.45) is 10.7 Å². The molecule has 0 aliphatic carbocycles. The van der Waals surface area contributed by atoms with Gasteiger partial charge in [0.25, 0.3) is 0 Å². The second kappa shape index (κ2) is 7.15. The Morgan fingerprint density at radius 2 is 2.18 bits per heavy atom. The van der Waals surface area contributed by atoms with Crippen molar-refractivity contribution in [3.05, 3.63) is 64.8 Å². The van der Waals surface area contributed by atoms with Crippen LogP contribution in [0.15, 0.2) is 35.6 Å². The fourth-order valence-corrected chi connectivity index (χ4v) is 2.90.